The Morgan fingerprint density at radius 2 is 1.65 bits per heavy atom. The molecule has 0 aliphatic carbocycles. The number of amides is 1. The van der Waals surface area contributed by atoms with Crippen molar-refractivity contribution < 1.29 is 26.0 Å². The number of rotatable bonds is 11. The summed E-state index contributed by atoms with van der Waals surface area (Å²) in [6.07, 6.45) is 0. The molecule has 0 saturated carbocycles. The van der Waals surface area contributed by atoms with Crippen LogP contribution in [-0.4, -0.2) is 52.4 Å². The van der Waals surface area contributed by atoms with Crippen LogP contribution in [0.5, 0.6) is 0 Å². The first-order valence-electron chi connectivity index (χ1n) is 9.70. The van der Waals surface area contributed by atoms with Gasteiger partial charge in [0.25, 0.3) is 5.91 Å². The van der Waals surface area contributed by atoms with Gasteiger partial charge in [0.1, 0.15) is 5.82 Å². The van der Waals surface area contributed by atoms with Gasteiger partial charge in [-0.05, 0) is 23.8 Å². The lowest BCUT2D eigenvalue weighted by Crippen LogP contribution is -2.35. The van der Waals surface area contributed by atoms with Crippen molar-refractivity contribution >= 4 is 26.0 Å². The first-order chi connectivity index (χ1) is 14.6. The summed E-state index contributed by atoms with van der Waals surface area (Å²) in [6.45, 7) is 3.64. The number of carbonyl (C=O) groups excluding carboxylic acids is 1. The molecule has 0 fully saturated rings. The maximum atomic E-state index is 14.1. The molecule has 0 bridgehead atoms. The molecule has 0 aromatic heterocycles. The molecule has 0 aliphatic heterocycles. The van der Waals surface area contributed by atoms with Crippen LogP contribution in [0.2, 0.25) is 0 Å². The second-order valence-electron chi connectivity index (χ2n) is 6.61. The Balaban J connectivity index is 2.02. The molecule has 0 atom stereocenters. The highest BCUT2D eigenvalue weighted by atomic mass is 32.2. The largest absolute Gasteiger partial charge is 0.351 e. The third-order valence-electron chi connectivity index (χ3n) is 4.52. The summed E-state index contributed by atoms with van der Waals surface area (Å²) in [6, 6.07) is 11.9. The second kappa shape index (κ2) is 10.8. The summed E-state index contributed by atoms with van der Waals surface area (Å²) in [4.78, 5) is 12.1. The number of sulfonamides is 2. The van der Waals surface area contributed by atoms with E-state index in [0.29, 0.717) is 0 Å². The van der Waals surface area contributed by atoms with Crippen molar-refractivity contribution in [3.63, 3.8) is 0 Å². The van der Waals surface area contributed by atoms with Crippen molar-refractivity contribution in [2.24, 2.45) is 0 Å². The lowest BCUT2D eigenvalue weighted by atomic mass is 10.2. The molecule has 170 valence electrons. The Labute approximate surface area is 182 Å². The molecule has 2 aromatic rings. The van der Waals surface area contributed by atoms with E-state index in [-0.39, 0.29) is 31.1 Å². The minimum atomic E-state index is -3.87. The standard InChI is InChI=1S/C20H26FN3O5S2/c1-3-24(4-2)31(28,29)17-10-11-19(21)18(14-17)20(25)22-12-13-30(26,27)23-15-16-8-6-5-7-9-16/h5-11,14,23H,3-4,12-13,15H2,1-2H3,(H,22,25). The zero-order chi connectivity index (χ0) is 23.1. The number of carbonyl (C=O) groups is 1. The molecule has 2 N–H and O–H groups in total. The van der Waals surface area contributed by atoms with E-state index in [9.17, 15) is 26.0 Å². The molecule has 8 nitrogen and oxygen atoms in total. The number of nitrogens with zero attached hydrogens (tertiary/aromatic N) is 1. The van der Waals surface area contributed by atoms with Crippen molar-refractivity contribution in [2.45, 2.75) is 25.3 Å². The van der Waals surface area contributed by atoms with Crippen molar-refractivity contribution in [1.29, 1.82) is 0 Å². The zero-order valence-electron chi connectivity index (χ0n) is 17.3. The van der Waals surface area contributed by atoms with Crippen LogP contribution in [0.1, 0.15) is 29.8 Å². The van der Waals surface area contributed by atoms with Gasteiger partial charge in [0.05, 0.1) is 16.2 Å². The number of nitrogens with one attached hydrogen (secondary N) is 2. The fourth-order valence-electron chi connectivity index (χ4n) is 2.81. The van der Waals surface area contributed by atoms with E-state index in [1.54, 1.807) is 38.1 Å². The van der Waals surface area contributed by atoms with E-state index in [0.717, 1.165) is 23.8 Å². The summed E-state index contributed by atoms with van der Waals surface area (Å²) >= 11 is 0. The lowest BCUT2D eigenvalue weighted by Gasteiger charge is -2.19. The van der Waals surface area contributed by atoms with Crippen LogP contribution in [0, 0.1) is 5.82 Å². The third-order valence-corrected chi connectivity index (χ3v) is 7.89. The highest BCUT2D eigenvalue weighted by Gasteiger charge is 2.24. The van der Waals surface area contributed by atoms with Crippen LogP contribution in [0.15, 0.2) is 53.4 Å². The van der Waals surface area contributed by atoms with Crippen LogP contribution in [0.25, 0.3) is 0 Å². The Morgan fingerprint density at radius 3 is 2.26 bits per heavy atom. The predicted octanol–water partition coefficient (Wildman–Crippen LogP) is 1.71. The molecule has 1 amide bonds. The topological polar surface area (TPSA) is 113 Å². The monoisotopic (exact) mass is 471 g/mol. The van der Waals surface area contributed by atoms with E-state index in [1.165, 1.54) is 4.31 Å². The predicted molar refractivity (Wildman–Crippen MR) is 116 cm³/mol. The van der Waals surface area contributed by atoms with Gasteiger partial charge in [-0.1, -0.05) is 44.2 Å². The molecule has 0 unspecified atom stereocenters. The highest BCUT2D eigenvalue weighted by Crippen LogP contribution is 2.19. The number of benzene rings is 2. The molecule has 11 heteroatoms. The second-order valence-corrected chi connectivity index (χ2v) is 10.5. The highest BCUT2D eigenvalue weighted by molar-refractivity contribution is 7.89. The van der Waals surface area contributed by atoms with Crippen LogP contribution in [0.3, 0.4) is 0 Å². The van der Waals surface area contributed by atoms with Crippen molar-refractivity contribution in [3.05, 3.63) is 65.5 Å². The van der Waals surface area contributed by atoms with E-state index >= 15 is 0 Å². The average Bonchev–Trinajstić information content (AvgIpc) is 2.73. The molecule has 0 heterocycles. The molecule has 2 aromatic carbocycles. The fraction of sp³-hybridized carbons (Fsp3) is 0.350. The van der Waals surface area contributed by atoms with Crippen molar-refractivity contribution in [2.75, 3.05) is 25.4 Å². The van der Waals surface area contributed by atoms with Gasteiger partial charge in [0.2, 0.25) is 20.0 Å². The van der Waals surface area contributed by atoms with E-state index in [1.807, 2.05) is 6.07 Å². The SMILES string of the molecule is CCN(CC)S(=O)(=O)c1ccc(F)c(C(=O)NCCS(=O)(=O)NCc2ccccc2)c1. The Hall–Kier alpha value is -2.34. The Kier molecular flexibility index (Phi) is 8.69. The molecule has 31 heavy (non-hydrogen) atoms. The van der Waals surface area contributed by atoms with Gasteiger partial charge in [-0.2, -0.15) is 4.31 Å². The van der Waals surface area contributed by atoms with Gasteiger partial charge in [-0.3, -0.25) is 4.79 Å². The molecule has 0 aliphatic rings. The van der Waals surface area contributed by atoms with Crippen molar-refractivity contribution in [3.8, 4) is 0 Å². The van der Waals surface area contributed by atoms with Crippen LogP contribution in [-0.2, 0) is 26.6 Å². The normalized spacial score (nSPS) is 12.1. The summed E-state index contributed by atoms with van der Waals surface area (Å²) < 4.78 is 67.1. The van der Waals surface area contributed by atoms with Crippen molar-refractivity contribution in [1.82, 2.24) is 14.3 Å². The number of hydrogen-bond donors (Lipinski definition) is 2. The van der Waals surface area contributed by atoms with E-state index < -0.39 is 43.1 Å². The van der Waals surface area contributed by atoms with E-state index in [4.69, 9.17) is 0 Å². The third kappa shape index (κ3) is 6.82. The number of halogens is 1. The quantitative estimate of drug-likeness (QED) is 0.518. The van der Waals surface area contributed by atoms with Gasteiger partial charge in [-0.15, -0.1) is 0 Å². The first-order valence-corrected chi connectivity index (χ1v) is 12.8. The average molecular weight is 472 g/mol. The first kappa shape index (κ1) is 24.9. The Morgan fingerprint density at radius 1 is 1.00 bits per heavy atom. The Bertz CT molecular complexity index is 1100. The molecular weight excluding hydrogens is 445 g/mol. The summed E-state index contributed by atoms with van der Waals surface area (Å²) in [5.41, 5.74) is 0.311. The van der Waals surface area contributed by atoms with Gasteiger partial charge in [-0.25, -0.2) is 25.9 Å². The van der Waals surface area contributed by atoms with Crippen LogP contribution < -0.4 is 10.0 Å². The molecule has 0 spiro atoms. The smallest absolute Gasteiger partial charge is 0.254 e. The maximum Gasteiger partial charge on any atom is 0.254 e. The van der Waals surface area contributed by atoms with Gasteiger partial charge in [0, 0.05) is 26.2 Å². The zero-order valence-corrected chi connectivity index (χ0v) is 19.0. The van der Waals surface area contributed by atoms with Gasteiger partial charge in [0.15, 0.2) is 0 Å². The summed E-state index contributed by atoms with van der Waals surface area (Å²) in [5.74, 6) is -2.21. The van der Waals surface area contributed by atoms with E-state index in [2.05, 4.69) is 10.0 Å². The van der Waals surface area contributed by atoms with Crippen LogP contribution in [0.4, 0.5) is 4.39 Å². The molecule has 0 radical (unpaired) electrons. The van der Waals surface area contributed by atoms with Crippen LogP contribution >= 0.6 is 0 Å². The fourth-order valence-corrected chi connectivity index (χ4v) is 5.19. The minimum Gasteiger partial charge on any atom is -0.351 e. The van der Waals surface area contributed by atoms with Gasteiger partial charge >= 0.3 is 0 Å². The molecular formula is C20H26FN3O5S2. The van der Waals surface area contributed by atoms with Gasteiger partial charge < -0.3 is 5.32 Å². The molecule has 0 saturated heterocycles. The summed E-state index contributed by atoms with van der Waals surface area (Å²) in [5, 5.41) is 2.32. The summed E-state index contributed by atoms with van der Waals surface area (Å²) in [7, 11) is -7.55. The molecule has 2 rings (SSSR count). The maximum absolute atomic E-state index is 14.1. The lowest BCUT2D eigenvalue weighted by molar-refractivity contribution is 0.0952. The minimum absolute atomic E-state index is 0.108. The number of hydrogen-bond acceptors (Lipinski definition) is 5.